The van der Waals surface area contributed by atoms with Crippen molar-refractivity contribution in [2.24, 2.45) is 5.92 Å². The van der Waals surface area contributed by atoms with Gasteiger partial charge in [0.2, 0.25) is 0 Å². The molecule has 0 saturated carbocycles. The molecular weight excluding hydrogens is 330 g/mol. The Balaban J connectivity index is 1.55. The lowest BCUT2D eigenvalue weighted by Gasteiger charge is -2.36. The molecule has 0 aliphatic carbocycles. The number of aromatic nitrogens is 6. The molecule has 1 aliphatic rings. The van der Waals surface area contributed by atoms with Crippen LogP contribution in [0.1, 0.15) is 35.6 Å². The number of amides is 1. The van der Waals surface area contributed by atoms with Crippen LogP contribution in [-0.4, -0.2) is 53.4 Å². The van der Waals surface area contributed by atoms with Crippen LogP contribution in [0.2, 0.25) is 0 Å². The fourth-order valence-corrected chi connectivity index (χ4v) is 3.89. The molecule has 4 aromatic rings. The molecule has 0 spiro atoms. The molecule has 8 nitrogen and oxygen atoms in total. The predicted octanol–water partition coefficient (Wildman–Crippen LogP) is 2.20. The molecule has 0 aromatic carbocycles. The van der Waals surface area contributed by atoms with Gasteiger partial charge in [0.15, 0.2) is 5.65 Å². The number of aromatic amines is 2. The van der Waals surface area contributed by atoms with Crippen LogP contribution in [-0.2, 0) is 0 Å². The molecule has 2 N–H and O–H groups in total. The van der Waals surface area contributed by atoms with Crippen LogP contribution in [0, 0.1) is 5.92 Å². The minimum Gasteiger partial charge on any atom is -0.345 e. The lowest BCUT2D eigenvalue weighted by molar-refractivity contribution is 0.0659. The SMILES string of the molecule is C[C@H]1CCN(C(=O)c2cc[nH]n2)C[C@H]1c1ncc2cnc3[nH]ccc3n12. The van der Waals surface area contributed by atoms with Crippen molar-refractivity contribution in [3.63, 3.8) is 0 Å². The maximum absolute atomic E-state index is 12.7. The summed E-state index contributed by atoms with van der Waals surface area (Å²) in [5.74, 6) is 1.55. The number of hydrogen-bond acceptors (Lipinski definition) is 4. The van der Waals surface area contributed by atoms with E-state index in [9.17, 15) is 4.79 Å². The van der Waals surface area contributed by atoms with E-state index in [0.29, 0.717) is 18.2 Å². The van der Waals surface area contributed by atoms with Gasteiger partial charge in [-0.1, -0.05) is 6.92 Å². The molecule has 132 valence electrons. The summed E-state index contributed by atoms with van der Waals surface area (Å²) in [5, 5.41) is 6.75. The summed E-state index contributed by atoms with van der Waals surface area (Å²) in [5.41, 5.74) is 3.28. The second kappa shape index (κ2) is 5.69. The number of nitrogens with zero attached hydrogens (tertiary/aromatic N) is 5. The molecule has 1 fully saturated rings. The Hall–Kier alpha value is -3.16. The smallest absolute Gasteiger partial charge is 0.274 e. The van der Waals surface area contributed by atoms with Crippen molar-refractivity contribution in [2.75, 3.05) is 13.1 Å². The van der Waals surface area contributed by atoms with Crippen molar-refractivity contribution in [1.82, 2.24) is 34.4 Å². The summed E-state index contributed by atoms with van der Waals surface area (Å²) in [6.45, 7) is 3.62. The third kappa shape index (κ3) is 2.22. The second-order valence-electron chi connectivity index (χ2n) is 6.93. The number of hydrogen-bond donors (Lipinski definition) is 2. The van der Waals surface area contributed by atoms with Crippen molar-refractivity contribution in [1.29, 1.82) is 0 Å². The molecule has 0 radical (unpaired) electrons. The summed E-state index contributed by atoms with van der Waals surface area (Å²) in [6, 6.07) is 3.73. The Morgan fingerprint density at radius 2 is 2.12 bits per heavy atom. The summed E-state index contributed by atoms with van der Waals surface area (Å²) < 4.78 is 2.16. The molecule has 26 heavy (non-hydrogen) atoms. The zero-order chi connectivity index (χ0) is 17.7. The fraction of sp³-hybridized carbons (Fsp3) is 0.333. The highest BCUT2D eigenvalue weighted by molar-refractivity contribution is 5.92. The van der Waals surface area contributed by atoms with Crippen molar-refractivity contribution in [2.45, 2.75) is 19.3 Å². The summed E-state index contributed by atoms with van der Waals surface area (Å²) >= 11 is 0. The van der Waals surface area contributed by atoms with Crippen molar-refractivity contribution in [3.05, 3.63) is 48.4 Å². The fourth-order valence-electron chi connectivity index (χ4n) is 3.89. The zero-order valence-electron chi connectivity index (χ0n) is 14.4. The Morgan fingerprint density at radius 1 is 1.23 bits per heavy atom. The third-order valence-electron chi connectivity index (χ3n) is 5.38. The first-order chi connectivity index (χ1) is 12.7. The number of H-pyrrole nitrogens is 2. The Kier molecular flexibility index (Phi) is 3.31. The minimum absolute atomic E-state index is 0.0301. The van der Waals surface area contributed by atoms with Crippen molar-refractivity contribution in [3.8, 4) is 0 Å². The van der Waals surface area contributed by atoms with E-state index in [0.717, 1.165) is 35.5 Å². The van der Waals surface area contributed by atoms with E-state index < -0.39 is 0 Å². The molecule has 5 rings (SSSR count). The number of carbonyl (C=O) groups is 1. The van der Waals surface area contributed by atoms with E-state index in [1.54, 1.807) is 12.3 Å². The standard InChI is InChI=1S/C18H19N7O/c1-11-4-7-24(18(26)14-2-6-22-23-14)10-13(11)17-21-9-12-8-20-16-15(25(12)17)3-5-19-16/h2-3,5-6,8-9,11,13,19H,4,7,10H2,1H3,(H,22,23)/t11-,13+/m0/s1. The van der Waals surface area contributed by atoms with Gasteiger partial charge in [-0.15, -0.1) is 0 Å². The first-order valence-electron chi connectivity index (χ1n) is 8.81. The van der Waals surface area contributed by atoms with Crippen LogP contribution in [0.25, 0.3) is 16.7 Å². The number of rotatable bonds is 2. The van der Waals surface area contributed by atoms with Gasteiger partial charge in [-0.3, -0.25) is 14.3 Å². The quantitative estimate of drug-likeness (QED) is 0.580. The highest BCUT2D eigenvalue weighted by Crippen LogP contribution is 2.33. The Morgan fingerprint density at radius 3 is 2.96 bits per heavy atom. The van der Waals surface area contributed by atoms with Gasteiger partial charge in [0.25, 0.3) is 5.91 Å². The average Bonchev–Trinajstić information content (AvgIpc) is 3.40. The monoisotopic (exact) mass is 349 g/mol. The number of imidazole rings is 1. The van der Waals surface area contributed by atoms with E-state index in [1.807, 2.05) is 29.6 Å². The second-order valence-corrected chi connectivity index (χ2v) is 6.93. The van der Waals surface area contributed by atoms with Gasteiger partial charge < -0.3 is 9.88 Å². The Labute approximate surface area is 149 Å². The normalized spacial score (nSPS) is 20.9. The largest absolute Gasteiger partial charge is 0.345 e. The van der Waals surface area contributed by atoms with Gasteiger partial charge >= 0.3 is 0 Å². The van der Waals surface area contributed by atoms with E-state index in [4.69, 9.17) is 4.98 Å². The van der Waals surface area contributed by atoms with Crippen LogP contribution in [0.4, 0.5) is 0 Å². The summed E-state index contributed by atoms with van der Waals surface area (Å²) in [6.07, 6.45) is 8.19. The van der Waals surface area contributed by atoms with E-state index in [-0.39, 0.29) is 11.8 Å². The first-order valence-corrected chi connectivity index (χ1v) is 8.81. The van der Waals surface area contributed by atoms with Gasteiger partial charge in [0, 0.05) is 31.4 Å². The number of fused-ring (bicyclic) bond motifs is 3. The van der Waals surface area contributed by atoms with E-state index in [2.05, 4.69) is 31.5 Å². The lowest BCUT2D eigenvalue weighted by atomic mass is 9.86. The molecule has 1 saturated heterocycles. The van der Waals surface area contributed by atoms with Crippen LogP contribution in [0.3, 0.4) is 0 Å². The van der Waals surface area contributed by atoms with Crippen LogP contribution in [0.5, 0.6) is 0 Å². The number of carbonyl (C=O) groups excluding carboxylic acids is 1. The van der Waals surface area contributed by atoms with Gasteiger partial charge in [-0.2, -0.15) is 5.10 Å². The molecule has 0 unspecified atom stereocenters. The van der Waals surface area contributed by atoms with Gasteiger partial charge in [0.05, 0.1) is 23.4 Å². The highest BCUT2D eigenvalue weighted by Gasteiger charge is 2.33. The highest BCUT2D eigenvalue weighted by atomic mass is 16.2. The maximum atomic E-state index is 12.7. The van der Waals surface area contributed by atoms with Crippen LogP contribution in [0.15, 0.2) is 36.9 Å². The zero-order valence-corrected chi connectivity index (χ0v) is 14.4. The molecule has 8 heteroatoms. The topological polar surface area (TPSA) is 95.0 Å². The van der Waals surface area contributed by atoms with Crippen LogP contribution < -0.4 is 0 Å². The molecular formula is C18H19N7O. The molecule has 2 atom stereocenters. The molecule has 1 amide bonds. The van der Waals surface area contributed by atoms with E-state index >= 15 is 0 Å². The average molecular weight is 349 g/mol. The lowest BCUT2D eigenvalue weighted by Crippen LogP contribution is -2.42. The van der Waals surface area contributed by atoms with Crippen molar-refractivity contribution < 1.29 is 4.79 Å². The number of piperidine rings is 1. The number of nitrogens with one attached hydrogen (secondary N) is 2. The number of likely N-dealkylation sites (tertiary alicyclic amines) is 1. The van der Waals surface area contributed by atoms with Gasteiger partial charge in [-0.25, -0.2) is 9.97 Å². The van der Waals surface area contributed by atoms with Crippen LogP contribution >= 0.6 is 0 Å². The third-order valence-corrected chi connectivity index (χ3v) is 5.38. The predicted molar refractivity (Wildman–Crippen MR) is 95.9 cm³/mol. The molecule has 0 bridgehead atoms. The van der Waals surface area contributed by atoms with Crippen molar-refractivity contribution >= 4 is 22.6 Å². The van der Waals surface area contributed by atoms with E-state index in [1.165, 1.54) is 0 Å². The summed E-state index contributed by atoms with van der Waals surface area (Å²) in [7, 11) is 0. The summed E-state index contributed by atoms with van der Waals surface area (Å²) in [4.78, 5) is 26.9. The van der Waals surface area contributed by atoms with Gasteiger partial charge in [0.1, 0.15) is 11.5 Å². The molecule has 4 aromatic heterocycles. The van der Waals surface area contributed by atoms with Gasteiger partial charge in [-0.05, 0) is 24.5 Å². The minimum atomic E-state index is -0.0301. The Bertz CT molecular complexity index is 1080. The molecule has 5 heterocycles. The molecule has 1 aliphatic heterocycles. The first kappa shape index (κ1) is 15.1. The maximum Gasteiger partial charge on any atom is 0.274 e.